The number of nitrogens with one attached hydrogen (secondary N) is 3. The third-order valence-corrected chi connectivity index (χ3v) is 11.0. The van der Waals surface area contributed by atoms with Crippen LogP contribution in [0.15, 0.2) is 36.2 Å². The van der Waals surface area contributed by atoms with Crippen LogP contribution in [0.3, 0.4) is 0 Å². The van der Waals surface area contributed by atoms with Crippen LogP contribution in [0, 0.1) is 5.92 Å². The van der Waals surface area contributed by atoms with Crippen molar-refractivity contribution in [2.45, 2.75) is 131 Å². The molecule has 1 saturated carbocycles. The molecule has 4 heterocycles. The molecule has 0 radical (unpaired) electrons. The number of hydrogen-bond acceptors (Lipinski definition) is 10. The first-order valence-electron chi connectivity index (χ1n) is 21.9. The third-order valence-electron chi connectivity index (χ3n) is 11.0. The molecule has 1 unspecified atom stereocenters. The summed E-state index contributed by atoms with van der Waals surface area (Å²) in [5.41, 5.74) is 4.46. The molecule has 3 N–H and O–H groups in total. The first-order valence-corrected chi connectivity index (χ1v) is 21.9. The van der Waals surface area contributed by atoms with Crippen LogP contribution in [0.5, 0.6) is 0 Å². The summed E-state index contributed by atoms with van der Waals surface area (Å²) in [6.07, 6.45) is 14.1. The maximum absolute atomic E-state index is 13.7. The molecule has 4 amide bonds. The lowest BCUT2D eigenvalue weighted by molar-refractivity contribution is -0.138. The number of amides is 4. The lowest BCUT2D eigenvalue weighted by atomic mass is 9.83. The minimum absolute atomic E-state index is 0.0238. The van der Waals surface area contributed by atoms with Gasteiger partial charge < -0.3 is 35.2 Å². The van der Waals surface area contributed by atoms with Crippen molar-refractivity contribution in [2.75, 3.05) is 62.6 Å². The fraction of sp³-hybridized carbons (Fsp3) is 0.644. The van der Waals surface area contributed by atoms with E-state index >= 15 is 0 Å². The van der Waals surface area contributed by atoms with E-state index in [1.54, 1.807) is 12.3 Å². The van der Waals surface area contributed by atoms with E-state index in [0.29, 0.717) is 44.8 Å². The Kier molecular flexibility index (Phi) is 19.1. The third kappa shape index (κ3) is 15.2. The maximum Gasteiger partial charge on any atom is 0.408 e. The molecule has 3 fully saturated rings. The van der Waals surface area contributed by atoms with Gasteiger partial charge in [0.25, 0.3) is 5.91 Å². The highest BCUT2D eigenvalue weighted by Gasteiger charge is 2.36. The first kappa shape index (κ1) is 47.1. The summed E-state index contributed by atoms with van der Waals surface area (Å²) in [6.45, 7) is 19.9. The lowest BCUT2D eigenvalue weighted by Crippen LogP contribution is -2.55. The Balaban J connectivity index is 0.00000378. The highest BCUT2D eigenvalue weighted by atomic mass is 16.6. The molecule has 0 bridgehead atoms. The van der Waals surface area contributed by atoms with Crippen LogP contribution < -0.4 is 20.9 Å². The minimum atomic E-state index is -0.632. The van der Waals surface area contributed by atoms with E-state index in [2.05, 4.69) is 49.6 Å². The van der Waals surface area contributed by atoms with E-state index in [1.807, 2.05) is 63.9 Å². The monoisotopic (exact) mass is 819 g/mol. The maximum atomic E-state index is 13.7. The van der Waals surface area contributed by atoms with Crippen molar-refractivity contribution in [1.82, 2.24) is 30.4 Å². The van der Waals surface area contributed by atoms with Crippen molar-refractivity contribution in [3.8, 4) is 0 Å². The number of carbonyl (C=O) groups excluding carboxylic acids is 4. The second kappa shape index (κ2) is 23.9. The zero-order valence-corrected chi connectivity index (χ0v) is 36.7. The molecule has 1 atom stereocenters. The van der Waals surface area contributed by atoms with E-state index in [0.717, 1.165) is 100 Å². The number of allylic oxidation sites excluding steroid dienone is 1. The van der Waals surface area contributed by atoms with Crippen LogP contribution >= 0.6 is 0 Å². The molecule has 1 aliphatic carbocycles. The van der Waals surface area contributed by atoms with Gasteiger partial charge in [-0.1, -0.05) is 45.6 Å². The van der Waals surface area contributed by atoms with Crippen molar-refractivity contribution < 1.29 is 28.7 Å². The summed E-state index contributed by atoms with van der Waals surface area (Å²) in [6, 6.07) is 5.16. The standard InChI is InChI=1S/C43H64N8O6.C2H6/c1-6-31(2)25-37-38(47-30-52)26-32(27-45-37)29-49-20-22-50(23-21-49)34-13-14-36(46-28-34)40(53)44-17-10-24-56-35-15-18-51(19-16-35)41(54)39(33-11-8-7-9-12-33)48-42(55)57-43(3,4)5;1-2/h13-14,25-28,30,33,35,39H,6-12,15-24,29H2,1-5H3,(H,44,53)(H,47,52)(H,48,55);1-2H3/b31-25+;. The molecular weight excluding hydrogens is 749 g/mol. The zero-order chi connectivity index (χ0) is 42.8. The number of anilines is 2. The molecule has 0 spiro atoms. The van der Waals surface area contributed by atoms with Gasteiger partial charge in [-0.2, -0.15) is 0 Å². The predicted octanol–water partition coefficient (Wildman–Crippen LogP) is 6.81. The Morgan fingerprint density at radius 2 is 1.66 bits per heavy atom. The van der Waals surface area contributed by atoms with E-state index in [1.165, 1.54) is 12.0 Å². The van der Waals surface area contributed by atoms with Gasteiger partial charge in [-0.25, -0.2) is 9.78 Å². The molecule has 2 aromatic heterocycles. The number of alkyl carbamates (subject to hydrolysis) is 1. The molecule has 5 rings (SSSR count). The topological polar surface area (TPSA) is 158 Å². The number of ether oxygens (including phenoxy) is 2. The fourth-order valence-corrected chi connectivity index (χ4v) is 7.70. The fourth-order valence-electron chi connectivity index (χ4n) is 7.70. The van der Waals surface area contributed by atoms with Gasteiger partial charge >= 0.3 is 6.09 Å². The van der Waals surface area contributed by atoms with Gasteiger partial charge in [0.2, 0.25) is 12.3 Å². The Hall–Kier alpha value is -4.56. The molecule has 2 aromatic rings. The number of likely N-dealkylation sites (tertiary alicyclic amines) is 1. The van der Waals surface area contributed by atoms with E-state index in [-0.39, 0.29) is 23.8 Å². The van der Waals surface area contributed by atoms with Crippen molar-refractivity contribution in [2.24, 2.45) is 5.92 Å². The molecule has 59 heavy (non-hydrogen) atoms. The Morgan fingerprint density at radius 1 is 0.949 bits per heavy atom. The summed E-state index contributed by atoms with van der Waals surface area (Å²) in [5, 5.41) is 8.67. The summed E-state index contributed by atoms with van der Waals surface area (Å²) >= 11 is 0. The number of piperidine rings is 1. The van der Waals surface area contributed by atoms with Crippen molar-refractivity contribution in [3.05, 3.63) is 53.1 Å². The van der Waals surface area contributed by atoms with E-state index < -0.39 is 17.7 Å². The quantitative estimate of drug-likeness (QED) is 0.121. The second-order valence-corrected chi connectivity index (χ2v) is 16.6. The summed E-state index contributed by atoms with van der Waals surface area (Å²) in [5.74, 6) is -0.114. The average Bonchev–Trinajstić information content (AvgIpc) is 3.24. The van der Waals surface area contributed by atoms with Crippen LogP contribution in [0.4, 0.5) is 16.2 Å². The number of piperazine rings is 1. The predicted molar refractivity (Wildman–Crippen MR) is 233 cm³/mol. The Bertz CT molecular complexity index is 1660. The molecule has 14 nitrogen and oxygen atoms in total. The van der Waals surface area contributed by atoms with Gasteiger partial charge in [0, 0.05) is 65.2 Å². The van der Waals surface area contributed by atoms with Gasteiger partial charge in [-0.15, -0.1) is 0 Å². The van der Waals surface area contributed by atoms with Crippen LogP contribution in [0.25, 0.3) is 6.08 Å². The highest BCUT2D eigenvalue weighted by molar-refractivity contribution is 5.92. The first-order chi connectivity index (χ1) is 28.4. The molecular formula is C45H70N8O6. The molecule has 326 valence electrons. The van der Waals surface area contributed by atoms with Gasteiger partial charge in [-0.05, 0) is 102 Å². The smallest absolute Gasteiger partial charge is 0.408 e. The van der Waals surface area contributed by atoms with E-state index in [4.69, 9.17) is 9.47 Å². The number of rotatable bonds is 16. The van der Waals surface area contributed by atoms with Crippen molar-refractivity contribution in [3.63, 3.8) is 0 Å². The average molecular weight is 819 g/mol. The molecule has 3 aliphatic rings. The number of pyridine rings is 2. The van der Waals surface area contributed by atoms with Gasteiger partial charge in [-0.3, -0.25) is 24.3 Å². The largest absolute Gasteiger partial charge is 0.444 e. The normalized spacial score (nSPS) is 17.6. The number of carbonyl (C=O) groups is 4. The number of aromatic nitrogens is 2. The SMILES string of the molecule is CC.CC/C(C)=C/c1ncc(CN2CCN(c3ccc(C(=O)NCCCOC4CCN(C(=O)C(NC(=O)OC(C)(C)C)C5CCCCC5)CC4)nc3)CC2)cc1NC=O. The lowest BCUT2D eigenvalue weighted by Gasteiger charge is -2.37. The van der Waals surface area contributed by atoms with Crippen LogP contribution in [-0.2, 0) is 25.6 Å². The number of nitrogens with zero attached hydrogens (tertiary/aromatic N) is 5. The molecule has 0 aromatic carbocycles. The molecule has 2 aliphatic heterocycles. The Labute approximate surface area is 352 Å². The molecule has 2 saturated heterocycles. The van der Waals surface area contributed by atoms with Gasteiger partial charge in [0.05, 0.1) is 29.4 Å². The van der Waals surface area contributed by atoms with E-state index in [9.17, 15) is 19.2 Å². The second-order valence-electron chi connectivity index (χ2n) is 16.6. The summed E-state index contributed by atoms with van der Waals surface area (Å²) in [7, 11) is 0. The minimum Gasteiger partial charge on any atom is -0.444 e. The number of hydrogen-bond donors (Lipinski definition) is 3. The van der Waals surface area contributed by atoms with Crippen LogP contribution in [0.2, 0.25) is 0 Å². The van der Waals surface area contributed by atoms with Crippen LogP contribution in [-0.4, -0.2) is 114 Å². The Morgan fingerprint density at radius 3 is 2.29 bits per heavy atom. The van der Waals surface area contributed by atoms with Crippen LogP contribution in [0.1, 0.15) is 128 Å². The molecule has 14 heteroatoms. The highest BCUT2D eigenvalue weighted by Crippen LogP contribution is 2.29. The van der Waals surface area contributed by atoms with Gasteiger partial charge in [0.15, 0.2) is 0 Å². The summed E-state index contributed by atoms with van der Waals surface area (Å²) in [4.78, 5) is 66.0. The zero-order valence-electron chi connectivity index (χ0n) is 36.7. The van der Waals surface area contributed by atoms with Gasteiger partial charge in [0.1, 0.15) is 17.3 Å². The summed E-state index contributed by atoms with van der Waals surface area (Å²) < 4.78 is 11.6. The van der Waals surface area contributed by atoms with Crippen molar-refractivity contribution >= 4 is 41.8 Å². The van der Waals surface area contributed by atoms with Crippen molar-refractivity contribution in [1.29, 1.82) is 0 Å².